The molecule has 0 aliphatic heterocycles. The van der Waals surface area contributed by atoms with Crippen LogP contribution in [0.5, 0.6) is 0 Å². The van der Waals surface area contributed by atoms with E-state index in [0.29, 0.717) is 0 Å². The molecule has 0 heteroatoms. The number of allylic oxidation sites excluding steroid dienone is 2. The van der Waals surface area contributed by atoms with Gasteiger partial charge < -0.3 is 0 Å². The first-order chi connectivity index (χ1) is 8.90. The normalized spacial score (nSPS) is 10.9. The molecule has 0 spiro atoms. The second kappa shape index (κ2) is 6.80. The third kappa shape index (κ3) is 3.59. The van der Waals surface area contributed by atoms with E-state index < -0.39 is 0 Å². The van der Waals surface area contributed by atoms with Crippen molar-refractivity contribution in [2.24, 2.45) is 0 Å². The molecule has 0 amide bonds. The molecule has 0 aromatic heterocycles. The molecule has 2 rings (SSSR count). The number of unbranched alkanes of at least 4 members (excludes halogenated alkanes) is 1. The smallest absolute Gasteiger partial charge is 0.0184 e. The van der Waals surface area contributed by atoms with Gasteiger partial charge in [0.25, 0.3) is 0 Å². The molecule has 0 aliphatic carbocycles. The molecule has 0 nitrogen and oxygen atoms in total. The van der Waals surface area contributed by atoms with Crippen LogP contribution >= 0.6 is 0 Å². The molecule has 0 heterocycles. The zero-order chi connectivity index (χ0) is 12.6. The summed E-state index contributed by atoms with van der Waals surface area (Å²) in [6, 6.07) is 19.5. The van der Waals surface area contributed by atoms with Crippen LogP contribution in [0, 0.1) is 0 Å². The van der Waals surface area contributed by atoms with Gasteiger partial charge >= 0.3 is 0 Å². The largest absolute Gasteiger partial charge is 0.0917 e. The zero-order valence-corrected chi connectivity index (χ0v) is 11.0. The van der Waals surface area contributed by atoms with Gasteiger partial charge in [0.2, 0.25) is 0 Å². The van der Waals surface area contributed by atoms with Crippen LogP contribution in [0.2, 0.25) is 0 Å². The summed E-state index contributed by atoms with van der Waals surface area (Å²) in [5, 5.41) is 0. The van der Waals surface area contributed by atoms with Gasteiger partial charge in [0, 0.05) is 0 Å². The van der Waals surface area contributed by atoms with Crippen LogP contribution in [0.3, 0.4) is 0 Å². The van der Waals surface area contributed by atoms with Crippen molar-refractivity contribution >= 4 is 0 Å². The number of hydrogen-bond acceptors (Lipinski definition) is 0. The van der Waals surface area contributed by atoms with Gasteiger partial charge in [-0.25, -0.2) is 0 Å². The molecule has 0 atom stereocenters. The quantitative estimate of drug-likeness (QED) is 0.491. The third-order valence-corrected chi connectivity index (χ3v) is 3.13. The van der Waals surface area contributed by atoms with Crippen molar-refractivity contribution in [1.29, 1.82) is 0 Å². The Balaban J connectivity index is 1.98. The van der Waals surface area contributed by atoms with Gasteiger partial charge in [-0.15, -0.1) is 0 Å². The lowest BCUT2D eigenvalue weighted by Crippen LogP contribution is -1.85. The molecule has 2 aromatic rings. The summed E-state index contributed by atoms with van der Waals surface area (Å²) in [6.45, 7) is 2.08. The van der Waals surface area contributed by atoms with Crippen molar-refractivity contribution < 1.29 is 0 Å². The first-order valence-corrected chi connectivity index (χ1v) is 6.65. The monoisotopic (exact) mass is 236 g/mol. The third-order valence-electron chi connectivity index (χ3n) is 3.13. The summed E-state index contributed by atoms with van der Waals surface area (Å²) >= 11 is 0. The minimum atomic E-state index is 1.17. The van der Waals surface area contributed by atoms with Crippen LogP contribution in [0.4, 0.5) is 0 Å². The Kier molecular flexibility index (Phi) is 4.78. The molecule has 0 aliphatic rings. The van der Waals surface area contributed by atoms with Crippen molar-refractivity contribution in [2.45, 2.75) is 26.2 Å². The lowest BCUT2D eigenvalue weighted by atomic mass is 10.0. The zero-order valence-electron chi connectivity index (χ0n) is 11.0. The predicted molar refractivity (Wildman–Crippen MR) is 79.6 cm³/mol. The maximum atomic E-state index is 2.25. The molecule has 0 fully saturated rings. The molecule has 0 saturated heterocycles. The average Bonchev–Trinajstić information content (AvgIpc) is 2.45. The number of benzene rings is 2. The highest BCUT2D eigenvalue weighted by Gasteiger charge is 1.97. The van der Waals surface area contributed by atoms with E-state index >= 15 is 0 Å². The van der Waals surface area contributed by atoms with E-state index in [1.54, 1.807) is 0 Å². The molecule has 0 radical (unpaired) electrons. The van der Waals surface area contributed by atoms with E-state index in [1.807, 2.05) is 0 Å². The lowest BCUT2D eigenvalue weighted by molar-refractivity contribution is 0.842. The average molecular weight is 236 g/mol. The highest BCUT2D eigenvalue weighted by atomic mass is 14.0. The maximum absolute atomic E-state index is 2.25. The fourth-order valence-electron chi connectivity index (χ4n) is 2.09. The fraction of sp³-hybridized carbons (Fsp3) is 0.222. The Bertz CT molecular complexity index is 477. The van der Waals surface area contributed by atoms with Crippen LogP contribution < -0.4 is 0 Å². The summed E-state index contributed by atoms with van der Waals surface area (Å²) in [6.07, 6.45) is 7.93. The molecule has 18 heavy (non-hydrogen) atoms. The van der Waals surface area contributed by atoms with Gasteiger partial charge in [0.1, 0.15) is 0 Å². The van der Waals surface area contributed by atoms with Crippen LogP contribution in [0.1, 0.15) is 25.3 Å². The van der Waals surface area contributed by atoms with Crippen molar-refractivity contribution in [3.63, 3.8) is 0 Å². The second-order valence-electron chi connectivity index (χ2n) is 4.52. The van der Waals surface area contributed by atoms with Crippen molar-refractivity contribution in [2.75, 3.05) is 0 Å². The fourth-order valence-corrected chi connectivity index (χ4v) is 2.09. The van der Waals surface area contributed by atoms with E-state index in [0.717, 1.165) is 0 Å². The van der Waals surface area contributed by atoms with E-state index in [-0.39, 0.29) is 0 Å². The van der Waals surface area contributed by atoms with E-state index in [9.17, 15) is 0 Å². The van der Waals surface area contributed by atoms with Gasteiger partial charge in [0.05, 0.1) is 0 Å². The number of hydrogen-bond donors (Lipinski definition) is 0. The van der Waals surface area contributed by atoms with Crippen molar-refractivity contribution in [3.05, 3.63) is 72.3 Å². The standard InChI is InChI=1S/C18H20/c1-2-3-4-6-9-16-12-14-18(15-13-16)17-10-7-5-8-11-17/h2-3,5,7-8,10-15H,4,6,9H2,1H3. The van der Waals surface area contributed by atoms with E-state index in [1.165, 1.54) is 36.0 Å². The number of aryl methyl sites for hydroxylation is 1. The van der Waals surface area contributed by atoms with E-state index in [4.69, 9.17) is 0 Å². The molecule has 0 unspecified atom stereocenters. The Hall–Kier alpha value is -1.82. The van der Waals surface area contributed by atoms with Crippen LogP contribution in [0.25, 0.3) is 11.1 Å². The van der Waals surface area contributed by atoms with Crippen LogP contribution in [-0.2, 0) is 6.42 Å². The molecular weight excluding hydrogens is 216 g/mol. The summed E-state index contributed by atoms with van der Waals surface area (Å²) in [5.74, 6) is 0. The Morgan fingerprint density at radius 1 is 0.833 bits per heavy atom. The molecule has 2 aromatic carbocycles. The van der Waals surface area contributed by atoms with Gasteiger partial charge in [-0.3, -0.25) is 0 Å². The van der Waals surface area contributed by atoms with Gasteiger partial charge in [-0.1, -0.05) is 66.7 Å². The first-order valence-electron chi connectivity index (χ1n) is 6.65. The minimum absolute atomic E-state index is 1.17. The van der Waals surface area contributed by atoms with E-state index in [2.05, 4.69) is 73.7 Å². The van der Waals surface area contributed by atoms with Crippen LogP contribution in [-0.4, -0.2) is 0 Å². The second-order valence-corrected chi connectivity index (χ2v) is 4.52. The summed E-state index contributed by atoms with van der Waals surface area (Å²) in [5.41, 5.74) is 4.02. The Labute approximate surface area is 110 Å². The molecule has 0 N–H and O–H groups in total. The molecule has 0 saturated carbocycles. The maximum Gasteiger partial charge on any atom is -0.0184 e. The van der Waals surface area contributed by atoms with Gasteiger partial charge in [-0.05, 0) is 42.9 Å². The highest BCUT2D eigenvalue weighted by molar-refractivity contribution is 5.63. The van der Waals surface area contributed by atoms with Crippen molar-refractivity contribution in [3.8, 4) is 11.1 Å². The SMILES string of the molecule is CC=CCCCc1ccc(-c2ccccc2)cc1. The Morgan fingerprint density at radius 2 is 1.50 bits per heavy atom. The Morgan fingerprint density at radius 3 is 2.17 bits per heavy atom. The van der Waals surface area contributed by atoms with Gasteiger partial charge in [-0.2, -0.15) is 0 Å². The molecule has 92 valence electrons. The van der Waals surface area contributed by atoms with Gasteiger partial charge in [0.15, 0.2) is 0 Å². The predicted octanol–water partition coefficient (Wildman–Crippen LogP) is 5.25. The highest BCUT2D eigenvalue weighted by Crippen LogP contribution is 2.19. The summed E-state index contributed by atoms with van der Waals surface area (Å²) in [4.78, 5) is 0. The summed E-state index contributed by atoms with van der Waals surface area (Å²) < 4.78 is 0. The molecule has 0 bridgehead atoms. The first kappa shape index (κ1) is 12.6. The number of rotatable bonds is 5. The summed E-state index contributed by atoms with van der Waals surface area (Å²) in [7, 11) is 0. The van der Waals surface area contributed by atoms with Crippen LogP contribution in [0.15, 0.2) is 66.7 Å². The molecular formula is C18H20. The van der Waals surface area contributed by atoms with Crippen molar-refractivity contribution in [1.82, 2.24) is 0 Å². The minimum Gasteiger partial charge on any atom is -0.0917 e. The topological polar surface area (TPSA) is 0 Å². The lowest BCUT2D eigenvalue weighted by Gasteiger charge is -2.04.